The van der Waals surface area contributed by atoms with Crippen LogP contribution < -0.4 is 5.32 Å². The number of methoxy groups -OCH3 is 2. The summed E-state index contributed by atoms with van der Waals surface area (Å²) in [5.41, 5.74) is 2.32. The lowest BCUT2D eigenvalue weighted by molar-refractivity contribution is 0.0601. The lowest BCUT2D eigenvalue weighted by atomic mass is 10.2. The Bertz CT molecular complexity index is 652. The van der Waals surface area contributed by atoms with Crippen molar-refractivity contribution in [1.82, 2.24) is 9.55 Å². The summed E-state index contributed by atoms with van der Waals surface area (Å²) in [4.78, 5) is 16.3. The number of hydrogen-bond donors (Lipinski definition) is 1. The Morgan fingerprint density at radius 1 is 1.30 bits per heavy atom. The van der Waals surface area contributed by atoms with Gasteiger partial charge in [0.1, 0.15) is 0 Å². The number of hydrogen-bond acceptors (Lipinski definition) is 5. The molecule has 1 aromatic carbocycles. The molecule has 6 heteroatoms. The van der Waals surface area contributed by atoms with E-state index in [4.69, 9.17) is 9.47 Å². The molecule has 0 amide bonds. The lowest BCUT2D eigenvalue weighted by Crippen LogP contribution is -2.10. The fourth-order valence-electron chi connectivity index (χ4n) is 2.48. The molecule has 0 saturated heterocycles. The van der Waals surface area contributed by atoms with E-state index in [2.05, 4.69) is 21.8 Å². The van der Waals surface area contributed by atoms with Crippen LogP contribution in [0.2, 0.25) is 0 Å². The number of ether oxygens (including phenoxy) is 2. The van der Waals surface area contributed by atoms with Gasteiger partial charge >= 0.3 is 5.97 Å². The first-order valence-electron chi connectivity index (χ1n) is 8.02. The average molecular weight is 319 g/mol. The van der Waals surface area contributed by atoms with Gasteiger partial charge in [0, 0.05) is 26.8 Å². The van der Waals surface area contributed by atoms with E-state index in [-0.39, 0.29) is 5.97 Å². The van der Waals surface area contributed by atoms with Gasteiger partial charge in [-0.1, -0.05) is 13.3 Å². The van der Waals surface area contributed by atoms with Crippen molar-refractivity contribution in [2.24, 2.45) is 0 Å². The Kier molecular flexibility index (Phi) is 6.40. The third-order valence-electron chi connectivity index (χ3n) is 3.71. The molecule has 0 saturated carbocycles. The molecule has 6 nitrogen and oxygen atoms in total. The molecule has 1 N–H and O–H groups in total. The summed E-state index contributed by atoms with van der Waals surface area (Å²) in [5.74, 6) is 0.493. The second kappa shape index (κ2) is 8.53. The van der Waals surface area contributed by atoms with Crippen LogP contribution in [0.1, 0.15) is 36.5 Å². The highest BCUT2D eigenvalue weighted by atomic mass is 16.5. The maximum absolute atomic E-state index is 11.7. The molecule has 126 valence electrons. The molecular weight excluding hydrogens is 294 g/mol. The van der Waals surface area contributed by atoms with Crippen LogP contribution in [0.3, 0.4) is 0 Å². The maximum atomic E-state index is 11.7. The Balaban J connectivity index is 2.32. The highest BCUT2D eigenvalue weighted by Crippen LogP contribution is 2.22. The van der Waals surface area contributed by atoms with E-state index in [1.807, 2.05) is 6.07 Å². The fourth-order valence-corrected chi connectivity index (χ4v) is 2.48. The Labute approximate surface area is 136 Å². The van der Waals surface area contributed by atoms with E-state index in [1.54, 1.807) is 19.2 Å². The number of fused-ring (bicyclic) bond motifs is 1. The van der Waals surface area contributed by atoms with Crippen LogP contribution in [0.5, 0.6) is 0 Å². The zero-order chi connectivity index (χ0) is 16.7. The van der Waals surface area contributed by atoms with Gasteiger partial charge < -0.3 is 19.4 Å². The van der Waals surface area contributed by atoms with Crippen molar-refractivity contribution in [2.75, 3.05) is 32.7 Å². The normalized spacial score (nSPS) is 10.9. The maximum Gasteiger partial charge on any atom is 0.337 e. The number of nitrogens with one attached hydrogen (secondary N) is 1. The first-order chi connectivity index (χ1) is 11.2. The molecule has 0 unspecified atom stereocenters. The van der Waals surface area contributed by atoms with Gasteiger partial charge in [-0.3, -0.25) is 0 Å². The summed E-state index contributed by atoms with van der Waals surface area (Å²) in [6.45, 7) is 4.56. The van der Waals surface area contributed by atoms with E-state index in [9.17, 15) is 4.79 Å². The predicted molar refractivity (Wildman–Crippen MR) is 91.0 cm³/mol. The SMILES string of the molecule is CCCCNc1nc2cc(C(=O)OC)ccc2n1CCCOC. The number of carbonyl (C=O) groups excluding carboxylic acids is 1. The summed E-state index contributed by atoms with van der Waals surface area (Å²) in [5, 5.41) is 3.39. The molecule has 23 heavy (non-hydrogen) atoms. The number of aryl methyl sites for hydroxylation is 1. The van der Waals surface area contributed by atoms with Crippen molar-refractivity contribution in [3.8, 4) is 0 Å². The minimum Gasteiger partial charge on any atom is -0.465 e. The van der Waals surface area contributed by atoms with Crippen LogP contribution in [0, 0.1) is 0 Å². The van der Waals surface area contributed by atoms with Crippen molar-refractivity contribution < 1.29 is 14.3 Å². The molecular formula is C17H25N3O3. The lowest BCUT2D eigenvalue weighted by Gasteiger charge is -2.10. The van der Waals surface area contributed by atoms with Crippen LogP contribution in [-0.4, -0.2) is 42.9 Å². The number of unbranched alkanes of at least 4 members (excludes halogenated alkanes) is 1. The number of carbonyl (C=O) groups is 1. The van der Waals surface area contributed by atoms with E-state index in [0.717, 1.165) is 49.3 Å². The largest absolute Gasteiger partial charge is 0.465 e. The van der Waals surface area contributed by atoms with Gasteiger partial charge in [-0.25, -0.2) is 9.78 Å². The van der Waals surface area contributed by atoms with E-state index in [1.165, 1.54) is 7.11 Å². The molecule has 0 spiro atoms. The summed E-state index contributed by atoms with van der Waals surface area (Å²) in [6, 6.07) is 5.48. The molecule has 1 heterocycles. The van der Waals surface area contributed by atoms with Crippen LogP contribution in [-0.2, 0) is 16.0 Å². The summed E-state index contributed by atoms with van der Waals surface area (Å²) in [6.07, 6.45) is 3.13. The van der Waals surface area contributed by atoms with Crippen LogP contribution in [0.25, 0.3) is 11.0 Å². The third-order valence-corrected chi connectivity index (χ3v) is 3.71. The summed E-state index contributed by atoms with van der Waals surface area (Å²) < 4.78 is 12.1. The third kappa shape index (κ3) is 4.22. The Morgan fingerprint density at radius 2 is 2.13 bits per heavy atom. The van der Waals surface area contributed by atoms with Gasteiger partial charge in [-0.15, -0.1) is 0 Å². The van der Waals surface area contributed by atoms with Gasteiger partial charge in [0.15, 0.2) is 0 Å². The second-order valence-corrected chi connectivity index (χ2v) is 5.41. The predicted octanol–water partition coefficient (Wildman–Crippen LogP) is 3.07. The average Bonchev–Trinajstić information content (AvgIpc) is 2.91. The summed E-state index contributed by atoms with van der Waals surface area (Å²) >= 11 is 0. The minimum atomic E-state index is -0.346. The number of aromatic nitrogens is 2. The number of esters is 1. The number of nitrogens with zero attached hydrogens (tertiary/aromatic N) is 2. The van der Waals surface area contributed by atoms with Crippen molar-refractivity contribution in [2.45, 2.75) is 32.7 Å². The molecule has 0 fully saturated rings. The standard InChI is InChI=1S/C17H25N3O3/c1-4-5-9-18-17-19-14-12-13(16(21)23-3)7-8-15(14)20(17)10-6-11-22-2/h7-8,12H,4-6,9-11H2,1-3H3,(H,18,19). The van der Waals surface area contributed by atoms with Crippen molar-refractivity contribution in [1.29, 1.82) is 0 Å². The van der Waals surface area contributed by atoms with Crippen LogP contribution >= 0.6 is 0 Å². The highest BCUT2D eigenvalue weighted by molar-refractivity contribution is 5.94. The molecule has 2 rings (SSSR count). The van der Waals surface area contributed by atoms with Gasteiger partial charge in [0.25, 0.3) is 0 Å². The Hall–Kier alpha value is -2.08. The Morgan fingerprint density at radius 3 is 2.83 bits per heavy atom. The van der Waals surface area contributed by atoms with E-state index >= 15 is 0 Å². The van der Waals surface area contributed by atoms with E-state index in [0.29, 0.717) is 12.2 Å². The van der Waals surface area contributed by atoms with Gasteiger partial charge in [-0.05, 0) is 31.0 Å². The van der Waals surface area contributed by atoms with Crippen LogP contribution in [0.15, 0.2) is 18.2 Å². The number of benzene rings is 1. The molecule has 0 aliphatic rings. The first kappa shape index (κ1) is 17.3. The fraction of sp³-hybridized carbons (Fsp3) is 0.529. The number of anilines is 1. The number of rotatable bonds is 9. The van der Waals surface area contributed by atoms with E-state index < -0.39 is 0 Å². The molecule has 2 aromatic rings. The van der Waals surface area contributed by atoms with Gasteiger partial charge in [-0.2, -0.15) is 0 Å². The monoisotopic (exact) mass is 319 g/mol. The molecule has 0 atom stereocenters. The minimum absolute atomic E-state index is 0.346. The van der Waals surface area contributed by atoms with Crippen molar-refractivity contribution >= 4 is 23.0 Å². The molecule has 0 radical (unpaired) electrons. The molecule has 1 aromatic heterocycles. The molecule has 0 bridgehead atoms. The summed E-state index contributed by atoms with van der Waals surface area (Å²) in [7, 11) is 3.09. The van der Waals surface area contributed by atoms with Gasteiger partial charge in [0.2, 0.25) is 5.95 Å². The second-order valence-electron chi connectivity index (χ2n) is 5.41. The van der Waals surface area contributed by atoms with Crippen molar-refractivity contribution in [3.63, 3.8) is 0 Å². The quantitative estimate of drug-likeness (QED) is 0.568. The zero-order valence-electron chi connectivity index (χ0n) is 14.1. The van der Waals surface area contributed by atoms with Crippen LogP contribution in [0.4, 0.5) is 5.95 Å². The number of imidazole rings is 1. The topological polar surface area (TPSA) is 65.4 Å². The smallest absolute Gasteiger partial charge is 0.337 e. The molecule has 0 aliphatic carbocycles. The van der Waals surface area contributed by atoms with Gasteiger partial charge in [0.05, 0.1) is 23.7 Å². The highest BCUT2D eigenvalue weighted by Gasteiger charge is 2.13. The zero-order valence-corrected chi connectivity index (χ0v) is 14.1. The van der Waals surface area contributed by atoms with Crippen molar-refractivity contribution in [3.05, 3.63) is 23.8 Å². The first-order valence-corrected chi connectivity index (χ1v) is 8.02. The molecule has 0 aliphatic heterocycles.